The highest BCUT2D eigenvalue weighted by Gasteiger charge is 2.24. The number of carbonyl (C=O) groups is 2. The molecule has 2 unspecified atom stereocenters. The third kappa shape index (κ3) is 4.31. The van der Waals surface area contributed by atoms with Crippen LogP contribution in [0.15, 0.2) is 17.5 Å². The van der Waals surface area contributed by atoms with Gasteiger partial charge in [-0.2, -0.15) is 0 Å². The fourth-order valence-corrected chi connectivity index (χ4v) is 2.98. The molecule has 0 aromatic carbocycles. The van der Waals surface area contributed by atoms with Crippen molar-refractivity contribution in [1.29, 1.82) is 0 Å². The summed E-state index contributed by atoms with van der Waals surface area (Å²) in [7, 11) is 0. The molecule has 3 N–H and O–H groups in total. The Bertz CT molecular complexity index is 447. The highest BCUT2D eigenvalue weighted by atomic mass is 32.1. The molecule has 1 aliphatic rings. The van der Waals surface area contributed by atoms with Gasteiger partial charge in [-0.25, -0.2) is 0 Å². The average Bonchev–Trinajstić information content (AvgIpc) is 2.95. The van der Waals surface area contributed by atoms with Gasteiger partial charge in [-0.05, 0) is 24.3 Å². The summed E-state index contributed by atoms with van der Waals surface area (Å²) in [5, 5.41) is 17.2. The number of nitrogens with one attached hydrogen (secondary N) is 2. The summed E-state index contributed by atoms with van der Waals surface area (Å²) in [5.74, 6) is -0.270. The number of hydrogen-bond acceptors (Lipinski definition) is 4. The molecule has 1 fully saturated rings. The van der Waals surface area contributed by atoms with E-state index in [-0.39, 0.29) is 24.3 Å². The van der Waals surface area contributed by atoms with Crippen molar-refractivity contribution in [3.05, 3.63) is 22.4 Å². The Kier molecular flexibility index (Phi) is 5.55. The molecule has 20 heavy (non-hydrogen) atoms. The summed E-state index contributed by atoms with van der Waals surface area (Å²) in [6.45, 7) is 0.311. The Morgan fingerprint density at radius 2 is 2.15 bits per heavy atom. The first-order valence-electron chi connectivity index (χ1n) is 6.96. The smallest absolute Gasteiger partial charge is 0.261 e. The van der Waals surface area contributed by atoms with Crippen LogP contribution in [0.1, 0.15) is 41.8 Å². The Hall–Kier alpha value is -1.40. The molecule has 1 aromatic rings. The molecule has 0 saturated heterocycles. The zero-order valence-corrected chi connectivity index (χ0v) is 12.1. The number of rotatable bonds is 5. The van der Waals surface area contributed by atoms with Gasteiger partial charge in [-0.15, -0.1) is 11.3 Å². The summed E-state index contributed by atoms with van der Waals surface area (Å²) < 4.78 is 0. The van der Waals surface area contributed by atoms with Gasteiger partial charge in [0, 0.05) is 13.0 Å². The van der Waals surface area contributed by atoms with Crippen molar-refractivity contribution in [2.75, 3.05) is 6.54 Å². The first-order chi connectivity index (χ1) is 9.66. The minimum Gasteiger partial charge on any atom is -0.391 e. The fourth-order valence-electron chi connectivity index (χ4n) is 2.34. The summed E-state index contributed by atoms with van der Waals surface area (Å²) in [4.78, 5) is 24.1. The molecule has 1 saturated carbocycles. The van der Waals surface area contributed by atoms with Crippen LogP contribution in [-0.4, -0.2) is 35.6 Å². The first kappa shape index (κ1) is 15.0. The summed E-state index contributed by atoms with van der Waals surface area (Å²) >= 11 is 1.37. The van der Waals surface area contributed by atoms with Crippen molar-refractivity contribution in [3.8, 4) is 0 Å². The second-order valence-corrected chi connectivity index (χ2v) is 5.96. The molecular formula is C14H20N2O3S. The van der Waals surface area contributed by atoms with E-state index in [1.54, 1.807) is 6.07 Å². The monoisotopic (exact) mass is 296 g/mol. The lowest BCUT2D eigenvalue weighted by molar-refractivity contribution is -0.122. The highest BCUT2D eigenvalue weighted by molar-refractivity contribution is 7.12. The molecule has 110 valence electrons. The van der Waals surface area contributed by atoms with Gasteiger partial charge in [-0.3, -0.25) is 9.59 Å². The highest BCUT2D eigenvalue weighted by Crippen LogP contribution is 2.18. The lowest BCUT2D eigenvalue weighted by atomic mass is 9.92. The second kappa shape index (κ2) is 7.40. The van der Waals surface area contributed by atoms with Crippen LogP contribution < -0.4 is 10.6 Å². The Morgan fingerprint density at radius 1 is 1.35 bits per heavy atom. The van der Waals surface area contributed by atoms with Gasteiger partial charge < -0.3 is 15.7 Å². The van der Waals surface area contributed by atoms with Crippen LogP contribution in [-0.2, 0) is 4.79 Å². The van der Waals surface area contributed by atoms with Gasteiger partial charge >= 0.3 is 0 Å². The maximum Gasteiger partial charge on any atom is 0.261 e. The predicted molar refractivity (Wildman–Crippen MR) is 77.7 cm³/mol. The molecule has 0 bridgehead atoms. The van der Waals surface area contributed by atoms with Crippen LogP contribution in [0.4, 0.5) is 0 Å². The second-order valence-electron chi connectivity index (χ2n) is 5.01. The van der Waals surface area contributed by atoms with Crippen LogP contribution in [0.2, 0.25) is 0 Å². The Balaban J connectivity index is 1.66. The number of thiophene rings is 1. The van der Waals surface area contributed by atoms with E-state index < -0.39 is 6.10 Å². The van der Waals surface area contributed by atoms with Crippen LogP contribution in [0.25, 0.3) is 0 Å². The number of aliphatic hydroxyl groups excluding tert-OH is 1. The SMILES string of the molecule is O=C(CCNC(=O)c1cccs1)NC1CCCCC1O. The molecule has 5 nitrogen and oxygen atoms in total. The zero-order chi connectivity index (χ0) is 14.4. The minimum absolute atomic E-state index is 0.123. The van der Waals surface area contributed by atoms with Crippen LogP contribution in [0.3, 0.4) is 0 Å². The molecule has 0 radical (unpaired) electrons. The van der Waals surface area contributed by atoms with Gasteiger partial charge in [-0.1, -0.05) is 18.9 Å². The number of amides is 2. The molecule has 0 aliphatic heterocycles. The van der Waals surface area contributed by atoms with Gasteiger partial charge in [0.05, 0.1) is 17.0 Å². The van der Waals surface area contributed by atoms with E-state index in [0.717, 1.165) is 25.7 Å². The lowest BCUT2D eigenvalue weighted by Gasteiger charge is -2.28. The third-order valence-corrected chi connectivity index (χ3v) is 4.33. The largest absolute Gasteiger partial charge is 0.391 e. The molecule has 1 aliphatic carbocycles. The zero-order valence-electron chi connectivity index (χ0n) is 11.3. The number of carbonyl (C=O) groups excluding carboxylic acids is 2. The average molecular weight is 296 g/mol. The van der Waals surface area contributed by atoms with Gasteiger partial charge in [0.15, 0.2) is 0 Å². The molecule has 2 amide bonds. The molecule has 1 heterocycles. The normalized spacial score (nSPS) is 22.2. The summed E-state index contributed by atoms with van der Waals surface area (Å²) in [6.07, 6.45) is 3.43. The van der Waals surface area contributed by atoms with Crippen molar-refractivity contribution >= 4 is 23.2 Å². The molecule has 2 rings (SSSR count). The van der Waals surface area contributed by atoms with Crippen molar-refractivity contribution in [1.82, 2.24) is 10.6 Å². The van der Waals surface area contributed by atoms with Crippen molar-refractivity contribution in [2.24, 2.45) is 0 Å². The fraction of sp³-hybridized carbons (Fsp3) is 0.571. The molecule has 0 spiro atoms. The van der Waals surface area contributed by atoms with Crippen molar-refractivity contribution in [2.45, 2.75) is 44.2 Å². The quantitative estimate of drug-likeness (QED) is 0.766. The molecule has 6 heteroatoms. The van der Waals surface area contributed by atoms with Gasteiger partial charge in [0.25, 0.3) is 5.91 Å². The topological polar surface area (TPSA) is 78.4 Å². The molecule has 2 atom stereocenters. The van der Waals surface area contributed by atoms with Crippen molar-refractivity contribution in [3.63, 3.8) is 0 Å². The van der Waals surface area contributed by atoms with E-state index >= 15 is 0 Å². The summed E-state index contributed by atoms with van der Waals surface area (Å²) in [6, 6.07) is 3.43. The molecule has 1 aromatic heterocycles. The predicted octanol–water partition coefficient (Wildman–Crippen LogP) is 1.29. The van der Waals surface area contributed by atoms with E-state index in [1.165, 1.54) is 11.3 Å². The first-order valence-corrected chi connectivity index (χ1v) is 7.84. The van der Waals surface area contributed by atoms with E-state index in [9.17, 15) is 14.7 Å². The Morgan fingerprint density at radius 3 is 2.85 bits per heavy atom. The van der Waals surface area contributed by atoms with Crippen LogP contribution in [0, 0.1) is 0 Å². The van der Waals surface area contributed by atoms with Crippen LogP contribution >= 0.6 is 11.3 Å². The summed E-state index contributed by atoms with van der Waals surface area (Å²) in [5.41, 5.74) is 0. The maximum absolute atomic E-state index is 11.8. The number of hydrogen-bond donors (Lipinski definition) is 3. The standard InChI is InChI=1S/C14H20N2O3S/c17-11-5-2-1-4-10(11)16-13(18)7-8-15-14(19)12-6-3-9-20-12/h3,6,9-11,17H,1-2,4-5,7-8H2,(H,15,19)(H,16,18). The molecular weight excluding hydrogens is 276 g/mol. The minimum atomic E-state index is -0.437. The third-order valence-electron chi connectivity index (χ3n) is 3.46. The van der Waals surface area contributed by atoms with Gasteiger partial charge in [0.1, 0.15) is 0 Å². The van der Waals surface area contributed by atoms with E-state index in [1.807, 2.05) is 11.4 Å². The van der Waals surface area contributed by atoms with Gasteiger partial charge in [0.2, 0.25) is 5.91 Å². The number of aliphatic hydroxyl groups is 1. The van der Waals surface area contributed by atoms with E-state index in [2.05, 4.69) is 10.6 Å². The van der Waals surface area contributed by atoms with Crippen molar-refractivity contribution < 1.29 is 14.7 Å². The van der Waals surface area contributed by atoms with E-state index in [0.29, 0.717) is 11.4 Å². The Labute approximate surface area is 122 Å². The van der Waals surface area contributed by atoms with E-state index in [4.69, 9.17) is 0 Å². The maximum atomic E-state index is 11.8. The lowest BCUT2D eigenvalue weighted by Crippen LogP contribution is -2.45. The van der Waals surface area contributed by atoms with Crippen LogP contribution in [0.5, 0.6) is 0 Å².